The lowest BCUT2D eigenvalue weighted by Gasteiger charge is -2.19. The first-order valence-electron chi connectivity index (χ1n) is 6.89. The maximum atomic E-state index is 12.3. The third-order valence-electron chi connectivity index (χ3n) is 3.08. The first kappa shape index (κ1) is 16.5. The van der Waals surface area contributed by atoms with Crippen LogP contribution in [0.5, 0.6) is 0 Å². The van der Waals surface area contributed by atoms with Crippen molar-refractivity contribution in [1.82, 2.24) is 10.1 Å². The Bertz CT molecular complexity index is 630. The van der Waals surface area contributed by atoms with Gasteiger partial charge in [0.1, 0.15) is 5.69 Å². The first-order chi connectivity index (χ1) is 10.7. The van der Waals surface area contributed by atoms with E-state index < -0.39 is 0 Å². The molecule has 118 valence electrons. The number of nitrogens with zero attached hydrogens (tertiary/aromatic N) is 2. The van der Waals surface area contributed by atoms with Gasteiger partial charge in [-0.3, -0.25) is 4.79 Å². The number of benzene rings is 1. The summed E-state index contributed by atoms with van der Waals surface area (Å²) in [5.74, 6) is -0.287. The summed E-state index contributed by atoms with van der Waals surface area (Å²) in [6, 6.07) is 8.61. The molecule has 0 radical (unpaired) electrons. The van der Waals surface area contributed by atoms with Crippen molar-refractivity contribution in [3.63, 3.8) is 0 Å². The molecule has 0 saturated carbocycles. The lowest BCUT2D eigenvalue weighted by molar-refractivity contribution is 0.0669. The van der Waals surface area contributed by atoms with Crippen LogP contribution in [0.25, 0.3) is 11.3 Å². The fraction of sp³-hybridized carbons (Fsp3) is 0.333. The van der Waals surface area contributed by atoms with E-state index in [4.69, 9.17) is 26.3 Å². The van der Waals surface area contributed by atoms with Crippen LogP contribution in [0.1, 0.15) is 17.0 Å². The molecule has 6 nitrogen and oxygen atoms in total. The van der Waals surface area contributed by atoms with Crippen molar-refractivity contribution in [2.75, 3.05) is 26.3 Å². The Morgan fingerprint density at radius 3 is 2.73 bits per heavy atom. The van der Waals surface area contributed by atoms with Crippen molar-refractivity contribution in [3.05, 3.63) is 41.1 Å². The van der Waals surface area contributed by atoms with E-state index >= 15 is 0 Å². The van der Waals surface area contributed by atoms with Gasteiger partial charge in [-0.2, -0.15) is 0 Å². The Kier molecular flexibility index (Phi) is 5.94. The van der Waals surface area contributed by atoms with Crippen molar-refractivity contribution in [3.8, 4) is 11.3 Å². The third-order valence-corrected chi connectivity index (χ3v) is 3.32. The maximum absolute atomic E-state index is 12.3. The molecule has 0 saturated heterocycles. The zero-order chi connectivity index (χ0) is 15.9. The second kappa shape index (κ2) is 7.93. The number of aliphatic hydroxyl groups is 2. The van der Waals surface area contributed by atoms with Crippen molar-refractivity contribution < 1.29 is 19.5 Å². The quantitative estimate of drug-likeness (QED) is 0.811. The minimum atomic E-state index is -0.372. The molecule has 0 fully saturated rings. The zero-order valence-corrected chi connectivity index (χ0v) is 12.7. The standard InChI is InChI=1S/C15H17ClN2O4/c16-12-4-1-3-11(9-12)13-10-14(22-17-13)15(21)18(6-8-20)5-2-7-19/h1,3-4,9-10,19-20H,2,5-8H2. The van der Waals surface area contributed by atoms with Gasteiger partial charge in [0, 0.05) is 36.3 Å². The average Bonchev–Trinajstić information content (AvgIpc) is 3.00. The molecular weight excluding hydrogens is 308 g/mol. The number of rotatable bonds is 7. The molecule has 1 heterocycles. The molecule has 0 atom stereocenters. The Morgan fingerprint density at radius 2 is 2.05 bits per heavy atom. The predicted octanol–water partition coefficient (Wildman–Crippen LogP) is 1.81. The number of hydrogen-bond acceptors (Lipinski definition) is 5. The van der Waals surface area contributed by atoms with Gasteiger partial charge in [0.25, 0.3) is 5.91 Å². The number of carbonyl (C=O) groups excluding carboxylic acids is 1. The summed E-state index contributed by atoms with van der Waals surface area (Å²) in [4.78, 5) is 13.7. The number of aliphatic hydroxyl groups excluding tert-OH is 2. The number of amides is 1. The number of carbonyl (C=O) groups is 1. The van der Waals surface area contributed by atoms with E-state index in [1.807, 2.05) is 6.07 Å². The summed E-state index contributed by atoms with van der Waals surface area (Å²) in [5, 5.41) is 22.3. The molecule has 22 heavy (non-hydrogen) atoms. The molecule has 0 aliphatic carbocycles. The molecule has 2 N–H and O–H groups in total. The number of halogens is 1. The fourth-order valence-corrected chi connectivity index (χ4v) is 2.20. The first-order valence-corrected chi connectivity index (χ1v) is 7.27. The third kappa shape index (κ3) is 4.07. The second-order valence-electron chi connectivity index (χ2n) is 4.68. The molecule has 0 aliphatic heterocycles. The van der Waals surface area contributed by atoms with Gasteiger partial charge >= 0.3 is 0 Å². The summed E-state index contributed by atoms with van der Waals surface area (Å²) in [7, 11) is 0. The highest BCUT2D eigenvalue weighted by Crippen LogP contribution is 2.23. The van der Waals surface area contributed by atoms with Crippen molar-refractivity contribution in [1.29, 1.82) is 0 Å². The molecule has 2 aromatic rings. The topological polar surface area (TPSA) is 86.8 Å². The highest BCUT2D eigenvalue weighted by atomic mass is 35.5. The monoisotopic (exact) mass is 324 g/mol. The second-order valence-corrected chi connectivity index (χ2v) is 5.12. The average molecular weight is 325 g/mol. The lowest BCUT2D eigenvalue weighted by Crippen LogP contribution is -2.34. The Hall–Kier alpha value is -1.89. The summed E-state index contributed by atoms with van der Waals surface area (Å²) < 4.78 is 5.10. The highest BCUT2D eigenvalue weighted by Gasteiger charge is 2.20. The molecule has 1 amide bonds. The molecule has 0 bridgehead atoms. The number of aromatic nitrogens is 1. The minimum Gasteiger partial charge on any atom is -0.396 e. The predicted molar refractivity (Wildman–Crippen MR) is 81.6 cm³/mol. The van der Waals surface area contributed by atoms with Gasteiger partial charge in [-0.05, 0) is 18.6 Å². The van der Waals surface area contributed by atoms with E-state index in [0.29, 0.717) is 23.7 Å². The van der Waals surface area contributed by atoms with Crippen LogP contribution in [0.4, 0.5) is 0 Å². The SMILES string of the molecule is O=C(c1cc(-c2cccc(Cl)c2)no1)N(CCO)CCCO. The van der Waals surface area contributed by atoms with Gasteiger partial charge in [-0.25, -0.2) is 0 Å². The molecule has 0 aliphatic rings. The lowest BCUT2D eigenvalue weighted by atomic mass is 10.1. The largest absolute Gasteiger partial charge is 0.396 e. The van der Waals surface area contributed by atoms with Gasteiger partial charge in [0.05, 0.1) is 6.61 Å². The Labute approximate surface area is 132 Å². The van der Waals surface area contributed by atoms with Crippen molar-refractivity contribution in [2.24, 2.45) is 0 Å². The molecule has 2 rings (SSSR count). The van der Waals surface area contributed by atoms with Gasteiger partial charge in [0.2, 0.25) is 5.76 Å². The van der Waals surface area contributed by atoms with Gasteiger partial charge in [0.15, 0.2) is 0 Å². The summed E-state index contributed by atoms with van der Waals surface area (Å²) in [6.07, 6.45) is 0.432. The molecule has 1 aromatic carbocycles. The van der Waals surface area contributed by atoms with Crippen LogP contribution >= 0.6 is 11.6 Å². The van der Waals surface area contributed by atoms with Gasteiger partial charge in [-0.1, -0.05) is 28.9 Å². The molecule has 7 heteroatoms. The summed E-state index contributed by atoms with van der Waals surface area (Å²) >= 11 is 5.93. The summed E-state index contributed by atoms with van der Waals surface area (Å²) in [6.45, 7) is 0.320. The van der Waals surface area contributed by atoms with E-state index in [9.17, 15) is 4.79 Å². The van der Waals surface area contributed by atoms with Crippen LogP contribution in [0.3, 0.4) is 0 Å². The molecular formula is C15H17ClN2O4. The molecule has 0 spiro atoms. The fourth-order valence-electron chi connectivity index (χ4n) is 2.01. The molecule has 1 aromatic heterocycles. The van der Waals surface area contributed by atoms with Crippen molar-refractivity contribution in [2.45, 2.75) is 6.42 Å². The van der Waals surface area contributed by atoms with Crippen LogP contribution in [0.2, 0.25) is 5.02 Å². The van der Waals surface area contributed by atoms with Crippen molar-refractivity contribution >= 4 is 17.5 Å². The summed E-state index contributed by atoms with van der Waals surface area (Å²) in [5.41, 5.74) is 1.26. The smallest absolute Gasteiger partial charge is 0.292 e. The minimum absolute atomic E-state index is 0.0284. The Balaban J connectivity index is 2.16. The van der Waals surface area contributed by atoms with Gasteiger partial charge in [-0.15, -0.1) is 0 Å². The van der Waals surface area contributed by atoms with Crippen LogP contribution in [0.15, 0.2) is 34.9 Å². The number of hydrogen-bond donors (Lipinski definition) is 2. The van der Waals surface area contributed by atoms with Crippen LogP contribution in [0, 0.1) is 0 Å². The van der Waals surface area contributed by atoms with Gasteiger partial charge < -0.3 is 19.6 Å². The van der Waals surface area contributed by atoms with E-state index in [1.165, 1.54) is 11.0 Å². The Morgan fingerprint density at radius 1 is 1.23 bits per heavy atom. The van der Waals surface area contributed by atoms with Crippen LogP contribution in [-0.2, 0) is 0 Å². The maximum Gasteiger partial charge on any atom is 0.292 e. The van der Waals surface area contributed by atoms with E-state index in [-0.39, 0.29) is 31.4 Å². The van der Waals surface area contributed by atoms with Crippen LogP contribution < -0.4 is 0 Å². The molecule has 0 unspecified atom stereocenters. The van der Waals surface area contributed by atoms with E-state index in [2.05, 4.69) is 5.16 Å². The zero-order valence-electron chi connectivity index (χ0n) is 11.9. The van der Waals surface area contributed by atoms with Crippen LogP contribution in [-0.4, -0.2) is 52.5 Å². The van der Waals surface area contributed by atoms with E-state index in [1.54, 1.807) is 18.2 Å². The highest BCUT2D eigenvalue weighted by molar-refractivity contribution is 6.30. The normalized spacial score (nSPS) is 10.7. The van der Waals surface area contributed by atoms with E-state index in [0.717, 1.165) is 5.56 Å².